The highest BCUT2D eigenvalue weighted by atomic mass is 19.1. The molecule has 210 valence electrons. The number of benzene rings is 2. The van der Waals surface area contributed by atoms with Gasteiger partial charge in [-0.25, -0.2) is 4.39 Å². The number of aldehydes is 1. The van der Waals surface area contributed by atoms with Gasteiger partial charge in [-0.2, -0.15) is 0 Å². The van der Waals surface area contributed by atoms with Crippen LogP contribution in [0.4, 0.5) is 10.1 Å². The molecule has 2 aromatic rings. The van der Waals surface area contributed by atoms with Gasteiger partial charge in [-0.05, 0) is 119 Å². The molecule has 1 fully saturated rings. The lowest BCUT2D eigenvalue weighted by Gasteiger charge is -2.25. The molecule has 0 radical (unpaired) electrons. The number of halogens is 1. The zero-order valence-corrected chi connectivity index (χ0v) is 24.0. The van der Waals surface area contributed by atoms with E-state index in [0.717, 1.165) is 62.5 Å². The van der Waals surface area contributed by atoms with Gasteiger partial charge < -0.3 is 24.6 Å². The number of aliphatic hydroxyl groups is 1. The van der Waals surface area contributed by atoms with E-state index in [4.69, 9.17) is 19.7 Å². The molecule has 1 aliphatic carbocycles. The number of ether oxygens (including phenoxy) is 1. The number of hydrogen-bond donors (Lipinski definition) is 2. The number of nitrogens with zero attached hydrogens (tertiary/aromatic N) is 1. The summed E-state index contributed by atoms with van der Waals surface area (Å²) in [7, 11) is 2.15. The number of carbonyl (C=O) groups excluding carboxylic acids is 1. The summed E-state index contributed by atoms with van der Waals surface area (Å²) >= 11 is 0. The van der Waals surface area contributed by atoms with Gasteiger partial charge in [0.15, 0.2) is 11.6 Å². The molecule has 38 heavy (non-hydrogen) atoms. The minimum atomic E-state index is -0.500. The monoisotopic (exact) mass is 529 g/mol. The maximum absolute atomic E-state index is 14.8. The Labute approximate surface area is 226 Å². The van der Waals surface area contributed by atoms with E-state index in [0.29, 0.717) is 18.3 Å². The van der Waals surface area contributed by atoms with Gasteiger partial charge >= 0.3 is 0 Å². The fourth-order valence-corrected chi connectivity index (χ4v) is 4.81. The minimum Gasteiger partial charge on any atom is -0.490 e. The summed E-state index contributed by atoms with van der Waals surface area (Å²) < 4.78 is 20.5. The average Bonchev–Trinajstić information content (AvgIpc) is 3.63. The lowest BCUT2D eigenvalue weighted by molar-refractivity contribution is -0.122. The number of carboxylic acid groups (broad SMARTS) is 1. The summed E-state index contributed by atoms with van der Waals surface area (Å²) in [5.41, 5.74) is 9.42. The van der Waals surface area contributed by atoms with Crippen LogP contribution in [0.5, 0.6) is 5.75 Å². The second kappa shape index (κ2) is 13.7. The van der Waals surface area contributed by atoms with Gasteiger partial charge in [-0.3, -0.25) is 4.79 Å². The van der Waals surface area contributed by atoms with Gasteiger partial charge in [-0.15, -0.1) is 0 Å². The van der Waals surface area contributed by atoms with Crippen molar-refractivity contribution in [2.75, 3.05) is 25.1 Å². The molecule has 3 aliphatic rings. The van der Waals surface area contributed by atoms with E-state index in [1.54, 1.807) is 26.8 Å². The van der Waals surface area contributed by atoms with Crippen LogP contribution in [0.25, 0.3) is 11.1 Å². The normalized spacial score (nSPS) is 15.2. The lowest BCUT2D eigenvalue weighted by atomic mass is 9.84. The van der Waals surface area contributed by atoms with Crippen molar-refractivity contribution in [2.45, 2.75) is 85.7 Å². The molecule has 0 amide bonds. The highest BCUT2D eigenvalue weighted by Gasteiger charge is 2.27. The molecule has 0 bridgehead atoms. The number of carbonyl (C=O) groups is 2. The summed E-state index contributed by atoms with van der Waals surface area (Å²) in [5.74, 6) is 0.723. The van der Waals surface area contributed by atoms with Crippen LogP contribution >= 0.6 is 0 Å². The summed E-state index contributed by atoms with van der Waals surface area (Å²) in [6, 6.07) is 4.02. The van der Waals surface area contributed by atoms with Crippen molar-refractivity contribution >= 4 is 18.4 Å². The molecular weight excluding hydrogens is 485 g/mol. The Morgan fingerprint density at radius 3 is 2.24 bits per heavy atom. The number of anilines is 1. The van der Waals surface area contributed by atoms with Crippen molar-refractivity contribution in [1.82, 2.24) is 0 Å². The van der Waals surface area contributed by atoms with E-state index in [1.165, 1.54) is 33.5 Å². The Morgan fingerprint density at radius 1 is 1.13 bits per heavy atom. The molecule has 0 spiro atoms. The number of hydrogen-bond acceptors (Lipinski definition) is 5. The lowest BCUT2D eigenvalue weighted by Crippen LogP contribution is -2.13. The number of rotatable bonds is 3. The van der Waals surface area contributed by atoms with Crippen LogP contribution in [0.1, 0.15) is 74.8 Å². The number of aryl methyl sites for hydroxylation is 1. The molecule has 7 heteroatoms. The van der Waals surface area contributed by atoms with Gasteiger partial charge in [0.25, 0.3) is 6.47 Å². The molecule has 0 atom stereocenters. The van der Waals surface area contributed by atoms with Crippen LogP contribution in [-0.4, -0.2) is 48.8 Å². The molecule has 2 aliphatic heterocycles. The molecule has 1 saturated carbocycles. The van der Waals surface area contributed by atoms with Crippen LogP contribution in [0.2, 0.25) is 0 Å². The third kappa shape index (κ3) is 8.29. The van der Waals surface area contributed by atoms with E-state index in [-0.39, 0.29) is 12.3 Å². The maximum atomic E-state index is 14.8. The Morgan fingerprint density at radius 2 is 1.74 bits per heavy atom. The van der Waals surface area contributed by atoms with Crippen LogP contribution < -0.4 is 9.64 Å². The molecule has 2 aromatic carbocycles. The largest absolute Gasteiger partial charge is 0.490 e. The van der Waals surface area contributed by atoms with Crippen LogP contribution in [0.15, 0.2) is 12.1 Å². The topological polar surface area (TPSA) is 87.1 Å². The molecule has 2 heterocycles. The van der Waals surface area contributed by atoms with Crippen molar-refractivity contribution in [3.05, 3.63) is 45.8 Å². The Kier molecular flexibility index (Phi) is 11.3. The first kappa shape index (κ1) is 31.3. The first-order chi connectivity index (χ1) is 17.9. The number of likely N-dealkylation sites (N-methyl/N-ethyl adjacent to an activating group) is 1. The SMILES string of the molecule is CC(C)(C)O.CCc1c(C)cc2c(c1-c1cc(F)c3c(c1C)CCCO3)CCN2C.O=CC1CC1.O=CO. The van der Waals surface area contributed by atoms with Crippen molar-refractivity contribution < 1.29 is 28.9 Å². The van der Waals surface area contributed by atoms with Crippen molar-refractivity contribution in [3.8, 4) is 16.9 Å². The minimum absolute atomic E-state index is 0.209. The first-order valence-corrected chi connectivity index (χ1v) is 13.4. The molecular formula is C31H44FNO5. The Balaban J connectivity index is 0.000000323. The van der Waals surface area contributed by atoms with Crippen molar-refractivity contribution in [1.29, 1.82) is 0 Å². The Hall–Kier alpha value is -2.93. The van der Waals surface area contributed by atoms with E-state index in [1.807, 2.05) is 0 Å². The molecule has 0 saturated heterocycles. The van der Waals surface area contributed by atoms with Crippen LogP contribution in [0, 0.1) is 25.6 Å². The summed E-state index contributed by atoms with van der Waals surface area (Å²) in [6.45, 7) is 13.1. The van der Waals surface area contributed by atoms with Crippen molar-refractivity contribution in [2.24, 2.45) is 5.92 Å². The quantitative estimate of drug-likeness (QED) is 0.470. The molecule has 6 nitrogen and oxygen atoms in total. The third-order valence-corrected chi connectivity index (χ3v) is 6.72. The van der Waals surface area contributed by atoms with E-state index in [2.05, 4.69) is 38.8 Å². The molecule has 0 aromatic heterocycles. The fourth-order valence-electron chi connectivity index (χ4n) is 4.81. The maximum Gasteiger partial charge on any atom is 0.290 e. The summed E-state index contributed by atoms with van der Waals surface area (Å²) in [5, 5.41) is 15.4. The molecule has 0 unspecified atom stereocenters. The first-order valence-electron chi connectivity index (χ1n) is 13.4. The number of fused-ring (bicyclic) bond motifs is 2. The molecule has 5 rings (SSSR count). The van der Waals surface area contributed by atoms with E-state index < -0.39 is 5.60 Å². The van der Waals surface area contributed by atoms with Gasteiger partial charge in [-0.1, -0.05) is 6.92 Å². The standard InChI is InChI=1S/C22H26FNO.C4H6O.C4H10O.CH2O2/c1-5-15-13(2)11-20-17(8-9-24(20)4)21(15)18-12-19(23)22-16(14(18)3)7-6-10-25-22;5-3-4-1-2-4;1-4(2,3)5;2-1-3/h11-12H,5-10H2,1-4H3;3-4H,1-2H2;5H,1-3H3;1H,(H,2,3). The summed E-state index contributed by atoms with van der Waals surface area (Å²) in [4.78, 5) is 20.2. The molecule has 2 N–H and O–H groups in total. The predicted molar refractivity (Wildman–Crippen MR) is 151 cm³/mol. The fraction of sp³-hybridized carbons (Fsp3) is 0.548. The predicted octanol–water partition coefficient (Wildman–Crippen LogP) is 6.06. The van der Waals surface area contributed by atoms with Gasteiger partial charge in [0, 0.05) is 30.8 Å². The van der Waals surface area contributed by atoms with Gasteiger partial charge in [0.2, 0.25) is 0 Å². The van der Waals surface area contributed by atoms with E-state index in [9.17, 15) is 9.18 Å². The van der Waals surface area contributed by atoms with E-state index >= 15 is 0 Å². The van der Waals surface area contributed by atoms with Crippen molar-refractivity contribution in [3.63, 3.8) is 0 Å². The highest BCUT2D eigenvalue weighted by molar-refractivity contribution is 5.83. The van der Waals surface area contributed by atoms with Gasteiger partial charge in [0.05, 0.1) is 12.2 Å². The zero-order chi connectivity index (χ0) is 28.6. The highest BCUT2D eigenvalue weighted by Crippen LogP contribution is 2.44. The zero-order valence-electron chi connectivity index (χ0n) is 24.0. The second-order valence-electron chi connectivity index (χ2n) is 11.1. The Bertz CT molecular complexity index is 1110. The second-order valence-corrected chi connectivity index (χ2v) is 11.1. The summed E-state index contributed by atoms with van der Waals surface area (Å²) in [6.07, 6.45) is 7.18. The van der Waals surface area contributed by atoms with Crippen LogP contribution in [0.3, 0.4) is 0 Å². The third-order valence-electron chi connectivity index (χ3n) is 6.72. The smallest absolute Gasteiger partial charge is 0.290 e. The average molecular weight is 530 g/mol. The van der Waals surface area contributed by atoms with Gasteiger partial charge in [0.1, 0.15) is 6.29 Å². The van der Waals surface area contributed by atoms with Crippen LogP contribution in [-0.2, 0) is 28.9 Å².